The maximum absolute atomic E-state index is 2.44. The lowest BCUT2D eigenvalue weighted by Gasteiger charge is -2.27. The van der Waals surface area contributed by atoms with Gasteiger partial charge in [0.25, 0.3) is 0 Å². The number of anilines is 3. The summed E-state index contributed by atoms with van der Waals surface area (Å²) in [6, 6.07) is 68.1. The predicted octanol–water partition coefficient (Wildman–Crippen LogP) is 13.7. The van der Waals surface area contributed by atoms with Crippen LogP contribution in [0.4, 0.5) is 17.1 Å². The van der Waals surface area contributed by atoms with E-state index in [0.29, 0.717) is 0 Å². The van der Waals surface area contributed by atoms with Crippen LogP contribution in [0.5, 0.6) is 0 Å². The van der Waals surface area contributed by atoms with Gasteiger partial charge < -0.3 is 4.90 Å². The van der Waals surface area contributed by atoms with Gasteiger partial charge in [-0.1, -0.05) is 146 Å². The molecule has 1 heterocycles. The van der Waals surface area contributed by atoms with E-state index in [1.165, 1.54) is 70.0 Å². The Balaban J connectivity index is 1.28. The Morgan fingerprint density at radius 3 is 1.38 bits per heavy atom. The third kappa shape index (κ3) is 5.04. The molecule has 1 aromatic heterocycles. The van der Waals surface area contributed by atoms with E-state index in [4.69, 9.17) is 0 Å². The lowest BCUT2D eigenvalue weighted by Crippen LogP contribution is -2.10. The molecule has 0 aliphatic rings. The first-order valence-corrected chi connectivity index (χ1v) is 17.2. The molecule has 0 amide bonds. The van der Waals surface area contributed by atoms with Crippen LogP contribution in [0.3, 0.4) is 0 Å². The average molecular weight is 630 g/mol. The summed E-state index contributed by atoms with van der Waals surface area (Å²) in [5, 5.41) is 5.09. The van der Waals surface area contributed by atoms with Gasteiger partial charge in [0.05, 0.1) is 5.69 Å². The van der Waals surface area contributed by atoms with Gasteiger partial charge in [-0.3, -0.25) is 0 Å². The van der Waals surface area contributed by atoms with E-state index < -0.39 is 0 Å². The maximum Gasteiger partial charge on any atom is 0.0561 e. The molecule has 0 radical (unpaired) electrons. The topological polar surface area (TPSA) is 3.24 Å². The molecule has 0 aliphatic heterocycles. The summed E-state index contributed by atoms with van der Waals surface area (Å²) in [6.45, 7) is 0. The normalized spacial score (nSPS) is 11.3. The van der Waals surface area contributed by atoms with Crippen molar-refractivity contribution in [1.82, 2.24) is 0 Å². The zero-order valence-electron chi connectivity index (χ0n) is 26.3. The number of rotatable bonds is 6. The van der Waals surface area contributed by atoms with Gasteiger partial charge >= 0.3 is 0 Å². The molecule has 0 saturated carbocycles. The van der Waals surface area contributed by atoms with Gasteiger partial charge in [0.15, 0.2) is 0 Å². The van der Waals surface area contributed by atoms with Crippen molar-refractivity contribution < 1.29 is 0 Å². The maximum atomic E-state index is 2.44. The first-order valence-electron chi connectivity index (χ1n) is 16.3. The molecule has 0 N–H and O–H groups in total. The van der Waals surface area contributed by atoms with Crippen molar-refractivity contribution in [3.63, 3.8) is 0 Å². The quantitative estimate of drug-likeness (QED) is 0.177. The van der Waals surface area contributed by atoms with E-state index in [2.05, 4.69) is 193 Å². The standard InChI is InChI=1S/C46H31NS/c1-4-12-32(13-5-1)35-22-26-39(27-23-35)47(40-28-24-36(25-29-40)33-14-6-2-7-15-33)43-31-38-21-20-37(34-16-8-3-9-17-34)30-42(38)46-45(43)41-18-10-11-19-44(41)48-46/h1-31H. The monoisotopic (exact) mass is 629 g/mol. The van der Waals surface area contributed by atoms with Crippen molar-refractivity contribution in [2.24, 2.45) is 0 Å². The number of hydrogen-bond donors (Lipinski definition) is 0. The largest absolute Gasteiger partial charge is 0.310 e. The molecule has 8 aromatic carbocycles. The molecule has 0 fully saturated rings. The summed E-state index contributed by atoms with van der Waals surface area (Å²) in [6.07, 6.45) is 0. The van der Waals surface area contributed by atoms with Crippen molar-refractivity contribution in [3.8, 4) is 33.4 Å². The van der Waals surface area contributed by atoms with Gasteiger partial charge in [-0.15, -0.1) is 11.3 Å². The zero-order chi connectivity index (χ0) is 31.9. The van der Waals surface area contributed by atoms with E-state index >= 15 is 0 Å². The van der Waals surface area contributed by atoms with Crippen LogP contribution in [0.25, 0.3) is 64.3 Å². The minimum Gasteiger partial charge on any atom is -0.310 e. The number of thiophene rings is 1. The average Bonchev–Trinajstić information content (AvgIpc) is 3.57. The number of nitrogens with zero attached hydrogens (tertiary/aromatic N) is 1. The van der Waals surface area contributed by atoms with Gasteiger partial charge in [0.2, 0.25) is 0 Å². The molecule has 0 unspecified atom stereocenters. The summed E-state index contributed by atoms with van der Waals surface area (Å²) in [4.78, 5) is 2.44. The van der Waals surface area contributed by atoms with Crippen molar-refractivity contribution >= 4 is 59.3 Å². The lowest BCUT2D eigenvalue weighted by atomic mass is 9.97. The third-order valence-corrected chi connectivity index (χ3v) is 10.5. The highest BCUT2D eigenvalue weighted by Crippen LogP contribution is 2.48. The van der Waals surface area contributed by atoms with Crippen LogP contribution in [0.15, 0.2) is 188 Å². The molecule has 2 heteroatoms. The first kappa shape index (κ1) is 28.3. The van der Waals surface area contributed by atoms with Crippen LogP contribution in [0.1, 0.15) is 0 Å². The van der Waals surface area contributed by atoms with E-state index in [9.17, 15) is 0 Å². The van der Waals surface area contributed by atoms with Crippen molar-refractivity contribution in [3.05, 3.63) is 188 Å². The SMILES string of the molecule is c1ccc(-c2ccc(N(c3ccc(-c4ccccc4)cc3)c3cc4ccc(-c5ccccc5)cc4c4sc5ccccc5c34)cc2)cc1. The van der Waals surface area contributed by atoms with Crippen molar-refractivity contribution in [1.29, 1.82) is 0 Å². The van der Waals surface area contributed by atoms with Crippen LogP contribution >= 0.6 is 11.3 Å². The van der Waals surface area contributed by atoms with Crippen LogP contribution in [-0.2, 0) is 0 Å². The summed E-state index contributed by atoms with van der Waals surface area (Å²) < 4.78 is 2.61. The second-order valence-electron chi connectivity index (χ2n) is 12.2. The minimum absolute atomic E-state index is 1.12. The molecule has 0 spiro atoms. The molecule has 1 nitrogen and oxygen atoms in total. The summed E-state index contributed by atoms with van der Waals surface area (Å²) in [7, 11) is 0. The molecule has 0 atom stereocenters. The Hall–Kier alpha value is -5.96. The molecule has 226 valence electrons. The molecule has 0 bridgehead atoms. The molecule has 9 rings (SSSR count). The van der Waals surface area contributed by atoms with Crippen LogP contribution in [0.2, 0.25) is 0 Å². The molecular weight excluding hydrogens is 599 g/mol. The second kappa shape index (κ2) is 12.0. The fourth-order valence-electron chi connectivity index (χ4n) is 6.87. The highest BCUT2D eigenvalue weighted by Gasteiger charge is 2.21. The fourth-order valence-corrected chi connectivity index (χ4v) is 8.12. The van der Waals surface area contributed by atoms with Crippen LogP contribution in [-0.4, -0.2) is 0 Å². The predicted molar refractivity (Wildman–Crippen MR) is 208 cm³/mol. The summed E-state index contributed by atoms with van der Waals surface area (Å²) in [5.74, 6) is 0. The Kier molecular flexibility index (Phi) is 7.07. The number of fused-ring (bicyclic) bond motifs is 5. The third-order valence-electron chi connectivity index (χ3n) is 9.26. The van der Waals surface area contributed by atoms with Gasteiger partial charge in [0, 0.05) is 36.9 Å². The Bertz CT molecular complexity index is 2430. The highest BCUT2D eigenvalue weighted by molar-refractivity contribution is 7.26. The highest BCUT2D eigenvalue weighted by atomic mass is 32.1. The lowest BCUT2D eigenvalue weighted by molar-refractivity contribution is 1.30. The van der Waals surface area contributed by atoms with Crippen LogP contribution in [0, 0.1) is 0 Å². The Labute approximate surface area is 284 Å². The summed E-state index contributed by atoms with van der Waals surface area (Å²) in [5.41, 5.74) is 10.7. The van der Waals surface area contributed by atoms with E-state index in [1.807, 2.05) is 11.3 Å². The van der Waals surface area contributed by atoms with E-state index in [-0.39, 0.29) is 0 Å². The molecule has 0 aliphatic carbocycles. The number of benzene rings is 8. The van der Waals surface area contributed by atoms with Gasteiger partial charge in [0.1, 0.15) is 0 Å². The zero-order valence-corrected chi connectivity index (χ0v) is 27.1. The van der Waals surface area contributed by atoms with E-state index in [1.54, 1.807) is 0 Å². The van der Waals surface area contributed by atoms with Gasteiger partial charge in [-0.05, 0) is 81.2 Å². The molecular formula is C46H31NS. The van der Waals surface area contributed by atoms with Gasteiger partial charge in [-0.2, -0.15) is 0 Å². The smallest absolute Gasteiger partial charge is 0.0561 e. The van der Waals surface area contributed by atoms with Crippen LogP contribution < -0.4 is 4.90 Å². The summed E-state index contributed by atoms with van der Waals surface area (Å²) >= 11 is 1.89. The second-order valence-corrected chi connectivity index (χ2v) is 13.2. The Morgan fingerprint density at radius 1 is 0.354 bits per heavy atom. The minimum atomic E-state index is 1.12. The van der Waals surface area contributed by atoms with Crippen molar-refractivity contribution in [2.75, 3.05) is 4.90 Å². The van der Waals surface area contributed by atoms with E-state index in [0.717, 1.165) is 11.4 Å². The fraction of sp³-hybridized carbons (Fsp3) is 0. The van der Waals surface area contributed by atoms with Gasteiger partial charge in [-0.25, -0.2) is 0 Å². The molecule has 9 aromatic rings. The Morgan fingerprint density at radius 2 is 0.812 bits per heavy atom. The molecule has 48 heavy (non-hydrogen) atoms. The molecule has 0 saturated heterocycles. The van der Waals surface area contributed by atoms with Crippen molar-refractivity contribution in [2.45, 2.75) is 0 Å². The number of hydrogen-bond acceptors (Lipinski definition) is 2. The first-order chi connectivity index (χ1) is 23.8.